The number of hydrogen-bond donors (Lipinski definition) is 2. The van der Waals surface area contributed by atoms with Crippen LogP contribution in [0.15, 0.2) is 53.6 Å². The van der Waals surface area contributed by atoms with Crippen molar-refractivity contribution >= 4 is 29.6 Å². The van der Waals surface area contributed by atoms with Gasteiger partial charge in [-0.25, -0.2) is 5.43 Å². The number of hydrazone groups is 1. The largest absolute Gasteiger partial charge is 0.482 e. The molecule has 0 fully saturated rings. The molecule has 0 spiro atoms. The molecule has 2 amide bonds. The Morgan fingerprint density at radius 1 is 1.22 bits per heavy atom. The summed E-state index contributed by atoms with van der Waals surface area (Å²) in [5, 5.41) is 4.17. The minimum absolute atomic E-state index is 0.250. The number of nitrogens with two attached hydrogens (primary N) is 1. The molecule has 0 aromatic heterocycles. The number of nitrogens with zero attached hydrogens (tertiary/aromatic N) is 1. The molecule has 2 rings (SSSR count). The number of ether oxygens (including phenoxy) is 1. The second kappa shape index (κ2) is 7.95. The number of rotatable bonds is 6. The van der Waals surface area contributed by atoms with Crippen molar-refractivity contribution in [2.24, 2.45) is 10.8 Å². The molecule has 0 heterocycles. The molecule has 6 nitrogen and oxygen atoms in total. The lowest BCUT2D eigenvalue weighted by molar-refractivity contribution is -0.119. The summed E-state index contributed by atoms with van der Waals surface area (Å²) in [4.78, 5) is 22.5. The molecule has 0 saturated heterocycles. The predicted octanol–water partition coefficient (Wildman–Crippen LogP) is 1.97. The van der Waals surface area contributed by atoms with E-state index in [1.54, 1.807) is 42.5 Å². The first-order valence-electron chi connectivity index (χ1n) is 6.65. The Morgan fingerprint density at radius 2 is 1.96 bits per heavy atom. The molecule has 3 N–H and O–H groups in total. The lowest BCUT2D eigenvalue weighted by Crippen LogP contribution is -2.20. The summed E-state index contributed by atoms with van der Waals surface area (Å²) in [6.45, 7) is -0.250. The minimum atomic E-state index is -0.588. The zero-order valence-electron chi connectivity index (χ0n) is 12.0. The van der Waals surface area contributed by atoms with Crippen LogP contribution in [-0.2, 0) is 4.79 Å². The van der Waals surface area contributed by atoms with E-state index in [0.29, 0.717) is 21.9 Å². The molecule has 0 saturated carbocycles. The molecule has 23 heavy (non-hydrogen) atoms. The second-order valence-corrected chi connectivity index (χ2v) is 4.92. The van der Waals surface area contributed by atoms with E-state index in [1.807, 2.05) is 6.07 Å². The summed E-state index contributed by atoms with van der Waals surface area (Å²) in [6.07, 6.45) is 1.45. The van der Waals surface area contributed by atoms with Gasteiger partial charge in [-0.05, 0) is 35.9 Å². The Balaban J connectivity index is 1.96. The van der Waals surface area contributed by atoms with Crippen molar-refractivity contribution in [3.05, 3.63) is 64.7 Å². The van der Waals surface area contributed by atoms with Crippen LogP contribution in [0.5, 0.6) is 5.75 Å². The number of carbonyl (C=O) groups is 2. The van der Waals surface area contributed by atoms with Gasteiger partial charge in [0.25, 0.3) is 11.8 Å². The summed E-state index contributed by atoms with van der Waals surface area (Å²) < 4.78 is 5.13. The number of primary amides is 1. The summed E-state index contributed by atoms with van der Waals surface area (Å²) in [6, 6.07) is 13.6. The Labute approximate surface area is 137 Å². The van der Waals surface area contributed by atoms with Gasteiger partial charge in [0.2, 0.25) is 0 Å². The number of benzene rings is 2. The Hall–Kier alpha value is -2.86. The van der Waals surface area contributed by atoms with Crippen LogP contribution in [0, 0.1) is 0 Å². The van der Waals surface area contributed by atoms with Crippen molar-refractivity contribution < 1.29 is 14.3 Å². The molecule has 2 aromatic carbocycles. The topological polar surface area (TPSA) is 93.8 Å². The van der Waals surface area contributed by atoms with Crippen LogP contribution in [0.2, 0.25) is 5.02 Å². The smallest absolute Gasteiger partial charge is 0.271 e. The van der Waals surface area contributed by atoms with Crippen molar-refractivity contribution in [3.8, 4) is 5.75 Å². The van der Waals surface area contributed by atoms with E-state index in [2.05, 4.69) is 10.5 Å². The number of nitrogens with one attached hydrogen (secondary N) is 1. The first kappa shape index (κ1) is 16.5. The summed E-state index contributed by atoms with van der Waals surface area (Å²) in [5.74, 6) is -0.555. The molecule has 0 radical (unpaired) electrons. The highest BCUT2D eigenvalue weighted by Gasteiger charge is 2.05. The van der Waals surface area contributed by atoms with Crippen LogP contribution in [-0.4, -0.2) is 24.6 Å². The van der Waals surface area contributed by atoms with E-state index in [4.69, 9.17) is 22.1 Å². The number of halogens is 1. The van der Waals surface area contributed by atoms with Gasteiger partial charge >= 0.3 is 0 Å². The van der Waals surface area contributed by atoms with E-state index in [0.717, 1.165) is 0 Å². The van der Waals surface area contributed by atoms with Crippen molar-refractivity contribution in [3.63, 3.8) is 0 Å². The third-order valence-corrected chi connectivity index (χ3v) is 3.04. The Kier molecular flexibility index (Phi) is 5.71. The highest BCUT2D eigenvalue weighted by molar-refractivity contribution is 6.32. The van der Waals surface area contributed by atoms with E-state index in [9.17, 15) is 9.59 Å². The molecule has 0 unspecified atom stereocenters. The van der Waals surface area contributed by atoms with Gasteiger partial charge in [0, 0.05) is 5.56 Å². The second-order valence-electron chi connectivity index (χ2n) is 4.51. The summed E-state index contributed by atoms with van der Waals surface area (Å²) >= 11 is 6.02. The first-order chi connectivity index (χ1) is 11.1. The van der Waals surface area contributed by atoms with E-state index >= 15 is 0 Å². The van der Waals surface area contributed by atoms with E-state index in [1.165, 1.54) is 6.21 Å². The van der Waals surface area contributed by atoms with Crippen LogP contribution in [0.25, 0.3) is 0 Å². The van der Waals surface area contributed by atoms with Crippen molar-refractivity contribution in [1.29, 1.82) is 0 Å². The van der Waals surface area contributed by atoms with Gasteiger partial charge in [-0.3, -0.25) is 9.59 Å². The fraction of sp³-hybridized carbons (Fsp3) is 0.0625. The lowest BCUT2D eigenvalue weighted by Gasteiger charge is -2.06. The molecule has 7 heteroatoms. The van der Waals surface area contributed by atoms with E-state index in [-0.39, 0.29) is 12.5 Å². The van der Waals surface area contributed by atoms with Crippen molar-refractivity contribution in [2.75, 3.05) is 6.61 Å². The minimum Gasteiger partial charge on any atom is -0.482 e. The molecular weight excluding hydrogens is 318 g/mol. The highest BCUT2D eigenvalue weighted by Crippen LogP contribution is 2.24. The zero-order valence-corrected chi connectivity index (χ0v) is 12.8. The standard InChI is InChI=1S/C16H14ClN3O3/c17-13-8-11(6-7-14(13)23-10-15(18)21)9-19-20-16(22)12-4-2-1-3-5-12/h1-9H,10H2,(H2,18,21)(H,20,22)/b19-9+. The average molecular weight is 332 g/mol. The molecule has 118 valence electrons. The predicted molar refractivity (Wildman–Crippen MR) is 87.6 cm³/mol. The van der Waals surface area contributed by atoms with Crippen LogP contribution < -0.4 is 15.9 Å². The quantitative estimate of drug-likeness (QED) is 0.626. The third kappa shape index (κ3) is 5.12. The van der Waals surface area contributed by atoms with Gasteiger partial charge in [0.15, 0.2) is 6.61 Å². The highest BCUT2D eigenvalue weighted by atomic mass is 35.5. The monoisotopic (exact) mass is 331 g/mol. The van der Waals surface area contributed by atoms with Crippen LogP contribution in [0.3, 0.4) is 0 Å². The van der Waals surface area contributed by atoms with E-state index < -0.39 is 5.91 Å². The maximum absolute atomic E-state index is 11.8. The number of hydrogen-bond acceptors (Lipinski definition) is 4. The van der Waals surface area contributed by atoms with Gasteiger partial charge in [0.1, 0.15) is 5.75 Å². The lowest BCUT2D eigenvalue weighted by atomic mass is 10.2. The van der Waals surface area contributed by atoms with Gasteiger partial charge in [-0.15, -0.1) is 0 Å². The Bertz CT molecular complexity index is 733. The molecule has 0 atom stereocenters. The number of carbonyl (C=O) groups excluding carboxylic acids is 2. The maximum Gasteiger partial charge on any atom is 0.271 e. The van der Waals surface area contributed by atoms with Gasteiger partial charge in [-0.2, -0.15) is 5.10 Å². The fourth-order valence-electron chi connectivity index (χ4n) is 1.68. The maximum atomic E-state index is 11.8. The number of amides is 2. The molecule has 0 aliphatic heterocycles. The summed E-state index contributed by atoms with van der Waals surface area (Å²) in [5.41, 5.74) is 8.58. The normalized spacial score (nSPS) is 10.5. The fourth-order valence-corrected chi connectivity index (χ4v) is 1.93. The third-order valence-electron chi connectivity index (χ3n) is 2.74. The van der Waals surface area contributed by atoms with Crippen LogP contribution >= 0.6 is 11.6 Å². The van der Waals surface area contributed by atoms with Crippen LogP contribution in [0.1, 0.15) is 15.9 Å². The molecular formula is C16H14ClN3O3. The van der Waals surface area contributed by atoms with Crippen LogP contribution in [0.4, 0.5) is 0 Å². The van der Waals surface area contributed by atoms with Gasteiger partial charge in [0.05, 0.1) is 11.2 Å². The zero-order chi connectivity index (χ0) is 16.7. The van der Waals surface area contributed by atoms with Gasteiger partial charge < -0.3 is 10.5 Å². The molecule has 2 aromatic rings. The average Bonchev–Trinajstić information content (AvgIpc) is 2.54. The molecule has 0 bridgehead atoms. The first-order valence-corrected chi connectivity index (χ1v) is 7.03. The summed E-state index contributed by atoms with van der Waals surface area (Å²) in [7, 11) is 0. The van der Waals surface area contributed by atoms with Crippen molar-refractivity contribution in [2.45, 2.75) is 0 Å². The molecule has 0 aliphatic rings. The van der Waals surface area contributed by atoms with Crippen molar-refractivity contribution in [1.82, 2.24) is 5.43 Å². The molecule has 0 aliphatic carbocycles. The Morgan fingerprint density at radius 3 is 2.61 bits per heavy atom. The van der Waals surface area contributed by atoms with Gasteiger partial charge in [-0.1, -0.05) is 29.8 Å². The SMILES string of the molecule is NC(=O)COc1ccc(/C=N/NC(=O)c2ccccc2)cc1Cl.